The molecule has 3 aromatic heterocycles. The minimum atomic E-state index is -0.238. The standard InChI is InChI=1S/C36H34N3OS.Pt/c1-35(2,3)24-21-28(36(4,5)6)33(40)31(22-24)39-30-15-8-7-14-26(30)27-17-18-29(38-34(27)39)23-12-11-13-25(20-23)41-32-16-9-10-19-37-32;/h7-19,21-22,40H,1-6H3;/q-1;. The van der Waals surface area contributed by atoms with Crippen LogP contribution in [0.2, 0.25) is 0 Å². The van der Waals surface area contributed by atoms with Crippen LogP contribution in [-0.2, 0) is 31.9 Å². The third kappa shape index (κ3) is 5.65. The van der Waals surface area contributed by atoms with Crippen molar-refractivity contribution in [2.45, 2.75) is 62.3 Å². The Bertz CT molecular complexity index is 1900. The summed E-state index contributed by atoms with van der Waals surface area (Å²) in [5.41, 5.74) is 6.07. The molecule has 3 aromatic carbocycles. The molecular formula is C36H34N3OPtS-. The second kappa shape index (κ2) is 11.4. The summed E-state index contributed by atoms with van der Waals surface area (Å²) in [6, 6.07) is 32.4. The van der Waals surface area contributed by atoms with E-state index in [1.807, 2.05) is 42.5 Å². The molecule has 4 nitrogen and oxygen atoms in total. The first-order valence-electron chi connectivity index (χ1n) is 13.9. The van der Waals surface area contributed by atoms with E-state index in [1.54, 1.807) is 18.0 Å². The van der Waals surface area contributed by atoms with E-state index in [4.69, 9.17) is 4.98 Å². The van der Waals surface area contributed by atoms with Crippen LogP contribution in [0.4, 0.5) is 0 Å². The van der Waals surface area contributed by atoms with Gasteiger partial charge in [0.1, 0.15) is 11.4 Å². The largest absolute Gasteiger partial charge is 0.505 e. The van der Waals surface area contributed by atoms with E-state index in [1.165, 1.54) is 5.56 Å². The van der Waals surface area contributed by atoms with Gasteiger partial charge in [-0.05, 0) is 46.4 Å². The van der Waals surface area contributed by atoms with E-state index in [2.05, 4.69) is 99.6 Å². The van der Waals surface area contributed by atoms with Crippen LogP contribution in [0.5, 0.6) is 5.75 Å². The summed E-state index contributed by atoms with van der Waals surface area (Å²) in [6.07, 6.45) is 1.80. The van der Waals surface area contributed by atoms with E-state index >= 15 is 0 Å². The summed E-state index contributed by atoms with van der Waals surface area (Å²) >= 11 is 1.58. The normalized spacial score (nSPS) is 12.0. The summed E-state index contributed by atoms with van der Waals surface area (Å²) in [5.74, 6) is 0.292. The molecule has 0 bridgehead atoms. The number of para-hydroxylation sites is 1. The van der Waals surface area contributed by atoms with Gasteiger partial charge < -0.3 is 5.11 Å². The van der Waals surface area contributed by atoms with Crippen LogP contribution in [0.25, 0.3) is 38.9 Å². The fraction of sp³-hybridized carbons (Fsp3) is 0.222. The predicted molar refractivity (Wildman–Crippen MR) is 170 cm³/mol. The summed E-state index contributed by atoms with van der Waals surface area (Å²) in [6.45, 7) is 13.1. The maximum Gasteiger partial charge on any atom is 0.143 e. The molecule has 0 fully saturated rings. The second-order valence-corrected chi connectivity index (χ2v) is 13.6. The zero-order valence-corrected chi connectivity index (χ0v) is 27.8. The number of rotatable bonds is 4. The van der Waals surface area contributed by atoms with Crippen LogP contribution >= 0.6 is 11.8 Å². The van der Waals surface area contributed by atoms with Crippen LogP contribution in [0.1, 0.15) is 52.7 Å². The molecule has 216 valence electrons. The average Bonchev–Trinajstić information content (AvgIpc) is 3.26. The minimum absolute atomic E-state index is 0. The van der Waals surface area contributed by atoms with Crippen LogP contribution < -0.4 is 0 Å². The Morgan fingerprint density at radius 1 is 0.786 bits per heavy atom. The van der Waals surface area contributed by atoms with Gasteiger partial charge in [-0.15, -0.1) is 29.8 Å². The SMILES string of the molecule is CC(C)(C)c1cc(-n2c3ccccc3c3ccc(-c4[c-]c(Sc5ccccn5)ccc4)nc32)c(O)c(C(C)(C)C)c1.[Pt]. The van der Waals surface area contributed by atoms with Crippen molar-refractivity contribution in [1.82, 2.24) is 14.5 Å². The van der Waals surface area contributed by atoms with Crippen molar-refractivity contribution < 1.29 is 26.2 Å². The number of hydrogen-bond donors (Lipinski definition) is 1. The average molecular weight is 752 g/mol. The van der Waals surface area contributed by atoms with Crippen molar-refractivity contribution in [3.05, 3.63) is 108 Å². The molecule has 0 aliphatic carbocycles. The zero-order valence-electron chi connectivity index (χ0n) is 24.7. The molecule has 0 spiro atoms. The number of phenolic OH excluding ortho intramolecular Hbond substituents is 1. The second-order valence-electron chi connectivity index (χ2n) is 12.5. The van der Waals surface area contributed by atoms with Gasteiger partial charge in [0.25, 0.3) is 0 Å². The van der Waals surface area contributed by atoms with Crippen molar-refractivity contribution in [2.24, 2.45) is 0 Å². The van der Waals surface area contributed by atoms with E-state index in [-0.39, 0.29) is 31.9 Å². The van der Waals surface area contributed by atoms with Gasteiger partial charge in [0.2, 0.25) is 0 Å². The van der Waals surface area contributed by atoms with E-state index in [9.17, 15) is 5.11 Å². The molecule has 0 saturated heterocycles. The summed E-state index contributed by atoms with van der Waals surface area (Å²) in [5, 5.41) is 14.9. The van der Waals surface area contributed by atoms with Crippen molar-refractivity contribution in [2.75, 3.05) is 0 Å². The Morgan fingerprint density at radius 2 is 1.55 bits per heavy atom. The zero-order chi connectivity index (χ0) is 28.9. The molecule has 6 aromatic rings. The molecule has 42 heavy (non-hydrogen) atoms. The smallest absolute Gasteiger partial charge is 0.143 e. The number of phenols is 1. The molecule has 0 radical (unpaired) electrons. The monoisotopic (exact) mass is 751 g/mol. The Morgan fingerprint density at radius 3 is 2.26 bits per heavy atom. The first-order chi connectivity index (χ1) is 19.5. The van der Waals surface area contributed by atoms with E-state index < -0.39 is 0 Å². The first-order valence-corrected chi connectivity index (χ1v) is 14.7. The minimum Gasteiger partial charge on any atom is -0.505 e. The molecule has 0 saturated carbocycles. The Kier molecular flexibility index (Phi) is 8.13. The molecular weight excluding hydrogens is 718 g/mol. The van der Waals surface area contributed by atoms with Crippen molar-refractivity contribution in [3.63, 3.8) is 0 Å². The summed E-state index contributed by atoms with van der Waals surface area (Å²) < 4.78 is 2.13. The Balaban J connectivity index is 0.00000353. The number of nitrogens with zero attached hydrogens (tertiary/aromatic N) is 3. The van der Waals surface area contributed by atoms with Crippen LogP contribution in [0.15, 0.2) is 101 Å². The maximum atomic E-state index is 11.8. The van der Waals surface area contributed by atoms with Crippen molar-refractivity contribution >= 4 is 33.7 Å². The number of pyridine rings is 2. The van der Waals surface area contributed by atoms with Gasteiger partial charge in [0, 0.05) is 43.6 Å². The van der Waals surface area contributed by atoms with Gasteiger partial charge in [-0.3, -0.25) is 9.55 Å². The van der Waals surface area contributed by atoms with Gasteiger partial charge in [0.15, 0.2) is 0 Å². The molecule has 0 atom stereocenters. The Labute approximate surface area is 266 Å². The van der Waals surface area contributed by atoms with Gasteiger partial charge >= 0.3 is 0 Å². The molecule has 0 aliphatic heterocycles. The molecule has 0 unspecified atom stereocenters. The van der Waals surface area contributed by atoms with Crippen molar-refractivity contribution in [3.8, 4) is 22.7 Å². The molecule has 6 heteroatoms. The summed E-state index contributed by atoms with van der Waals surface area (Å²) in [7, 11) is 0. The quantitative estimate of drug-likeness (QED) is 0.183. The number of aromatic nitrogens is 3. The number of hydrogen-bond acceptors (Lipinski definition) is 4. The van der Waals surface area contributed by atoms with E-state index in [0.29, 0.717) is 5.75 Å². The molecule has 6 rings (SSSR count). The summed E-state index contributed by atoms with van der Waals surface area (Å²) in [4.78, 5) is 10.7. The topological polar surface area (TPSA) is 50.9 Å². The van der Waals surface area contributed by atoms with Crippen molar-refractivity contribution in [1.29, 1.82) is 0 Å². The van der Waals surface area contributed by atoms with Crippen LogP contribution in [-0.4, -0.2) is 19.6 Å². The molecule has 0 amide bonds. The number of fused-ring (bicyclic) bond motifs is 3. The third-order valence-electron chi connectivity index (χ3n) is 7.42. The van der Waals surface area contributed by atoms with Gasteiger partial charge in [0.05, 0.1) is 16.2 Å². The Hall–Kier alpha value is -3.40. The van der Waals surface area contributed by atoms with Crippen LogP contribution in [0.3, 0.4) is 0 Å². The van der Waals surface area contributed by atoms with Crippen LogP contribution in [0, 0.1) is 6.07 Å². The molecule has 0 aliphatic rings. The first kappa shape index (κ1) is 30.1. The molecule has 3 heterocycles. The van der Waals surface area contributed by atoms with Gasteiger partial charge in [-0.1, -0.05) is 101 Å². The van der Waals surface area contributed by atoms with Gasteiger partial charge in [-0.2, -0.15) is 0 Å². The number of aromatic hydroxyl groups is 1. The fourth-order valence-electron chi connectivity index (χ4n) is 5.20. The predicted octanol–water partition coefficient (Wildman–Crippen LogP) is 9.49. The third-order valence-corrected chi connectivity index (χ3v) is 8.33. The van der Waals surface area contributed by atoms with Gasteiger partial charge in [-0.25, -0.2) is 4.98 Å². The maximum absolute atomic E-state index is 11.8. The number of benzene rings is 3. The van der Waals surface area contributed by atoms with E-state index in [0.717, 1.165) is 54.4 Å². The molecule has 1 N–H and O–H groups in total. The fourth-order valence-corrected chi connectivity index (χ4v) is 6.00.